The Labute approximate surface area is 290 Å². The van der Waals surface area contributed by atoms with Crippen molar-refractivity contribution in [2.75, 3.05) is 13.1 Å². The van der Waals surface area contributed by atoms with E-state index >= 15 is 0 Å². The second-order valence-electron chi connectivity index (χ2n) is 13.2. The number of unbranched alkanes of at least 4 members (excludes halogenated alkanes) is 2. The molecule has 0 radical (unpaired) electrons. The van der Waals surface area contributed by atoms with Crippen LogP contribution in [0.25, 0.3) is 11.1 Å². The Hall–Kier alpha value is -3.86. The molecule has 4 N–H and O–H groups in total. The maximum Gasteiger partial charge on any atom is 0.243 e. The molecule has 1 aliphatic heterocycles. The maximum absolute atomic E-state index is 12.4. The van der Waals surface area contributed by atoms with Crippen LogP contribution in [-0.2, 0) is 32.2 Å². The predicted molar refractivity (Wildman–Crippen MR) is 189 cm³/mol. The minimum atomic E-state index is -0.545. The number of hydrogen-bond donors (Lipinski definition) is 4. The van der Waals surface area contributed by atoms with Crippen molar-refractivity contribution in [1.82, 2.24) is 15.7 Å². The molecular weight excluding hydrogens is 618 g/mol. The average Bonchev–Trinajstić information content (AvgIpc) is 3.69. The van der Waals surface area contributed by atoms with Gasteiger partial charge in [0.2, 0.25) is 11.8 Å². The van der Waals surface area contributed by atoms with Crippen LogP contribution < -0.4 is 10.8 Å². The van der Waals surface area contributed by atoms with Crippen molar-refractivity contribution >= 4 is 11.8 Å². The molecule has 0 unspecified atom stereocenters. The van der Waals surface area contributed by atoms with Gasteiger partial charge in [0, 0.05) is 50.5 Å². The fraction of sp³-hybridized carbons (Fsp3) is 0.450. The van der Waals surface area contributed by atoms with Gasteiger partial charge in [0.05, 0.1) is 18.8 Å². The summed E-state index contributed by atoms with van der Waals surface area (Å²) in [7, 11) is 0. The van der Waals surface area contributed by atoms with E-state index in [2.05, 4.69) is 47.1 Å². The molecule has 1 aliphatic carbocycles. The standard InChI is InChI=1S/C40H51N3O6/c1-2-22-43(35-14-6-7-15-35)27-36-25-37(31-20-18-29(28-44)19-21-31)49-40(48-36)34-13-9-12-33(24-34)32-11-8-10-30(23-32)26-41-38(45)16-4-3-5-17-39(46)42-47/h2,8-13,18-21,23-24,35-37,40,44,47H,1,3-7,14-17,22,25-28H2,(H,41,45)(H,42,46)/t36-,37+,40+/m0/s1. The zero-order valence-corrected chi connectivity index (χ0v) is 28.4. The van der Waals surface area contributed by atoms with Crippen LogP contribution in [0.4, 0.5) is 0 Å². The first-order valence-electron chi connectivity index (χ1n) is 17.7. The fourth-order valence-corrected chi connectivity index (χ4v) is 6.92. The third kappa shape index (κ3) is 10.8. The van der Waals surface area contributed by atoms with Gasteiger partial charge in [-0.25, -0.2) is 5.48 Å². The second kappa shape index (κ2) is 18.8. The number of hydrogen-bond acceptors (Lipinski definition) is 7. The Bertz CT molecular complexity index is 1510. The molecule has 262 valence electrons. The van der Waals surface area contributed by atoms with Crippen molar-refractivity contribution in [2.24, 2.45) is 0 Å². The van der Waals surface area contributed by atoms with Crippen molar-refractivity contribution in [3.05, 3.63) is 108 Å². The van der Waals surface area contributed by atoms with Gasteiger partial charge in [-0.3, -0.25) is 19.7 Å². The highest BCUT2D eigenvalue weighted by Gasteiger charge is 2.34. The Balaban J connectivity index is 1.26. The molecule has 0 bridgehead atoms. The summed E-state index contributed by atoms with van der Waals surface area (Å²) in [5.74, 6) is -0.433. The Morgan fingerprint density at radius 2 is 1.57 bits per heavy atom. The molecule has 2 fully saturated rings. The molecule has 2 amide bonds. The first-order valence-corrected chi connectivity index (χ1v) is 17.7. The predicted octanol–water partition coefficient (Wildman–Crippen LogP) is 6.89. The Morgan fingerprint density at radius 1 is 0.857 bits per heavy atom. The van der Waals surface area contributed by atoms with Crippen LogP contribution in [-0.4, -0.2) is 52.3 Å². The molecule has 2 aliphatic rings. The summed E-state index contributed by atoms with van der Waals surface area (Å²) in [6.45, 7) is 6.12. The molecule has 9 nitrogen and oxygen atoms in total. The molecule has 3 aromatic carbocycles. The van der Waals surface area contributed by atoms with Gasteiger partial charge in [0.1, 0.15) is 0 Å². The first-order chi connectivity index (χ1) is 23.9. The molecule has 9 heteroatoms. The number of aliphatic hydroxyl groups is 1. The molecular formula is C40H51N3O6. The van der Waals surface area contributed by atoms with Crippen LogP contribution in [0, 0.1) is 0 Å². The lowest BCUT2D eigenvalue weighted by Crippen LogP contribution is -2.43. The zero-order valence-electron chi connectivity index (χ0n) is 28.4. The number of carbonyl (C=O) groups excluding carboxylic acids is 2. The van der Waals surface area contributed by atoms with Gasteiger partial charge in [-0.2, -0.15) is 0 Å². The second-order valence-corrected chi connectivity index (χ2v) is 13.2. The summed E-state index contributed by atoms with van der Waals surface area (Å²) in [6, 6.07) is 25.0. The minimum absolute atomic E-state index is 0.00742. The van der Waals surface area contributed by atoms with Crippen LogP contribution in [0.5, 0.6) is 0 Å². The SMILES string of the molecule is C=CCN(C[C@@H]1C[C@H](c2ccc(CO)cc2)O[C@H](c2cccc(-c3cccc(CNC(=O)CCCCCC(=O)NO)c3)c2)O1)C1CCCC1. The van der Waals surface area contributed by atoms with Gasteiger partial charge in [0.15, 0.2) is 6.29 Å². The molecule has 1 heterocycles. The van der Waals surface area contributed by atoms with Crippen LogP contribution in [0.2, 0.25) is 0 Å². The van der Waals surface area contributed by atoms with Gasteiger partial charge in [-0.05, 0) is 65.6 Å². The molecule has 5 rings (SSSR count). The minimum Gasteiger partial charge on any atom is -0.392 e. The normalized spacial score (nSPS) is 19.5. The van der Waals surface area contributed by atoms with E-state index in [0.717, 1.165) is 59.3 Å². The number of carbonyl (C=O) groups is 2. The van der Waals surface area contributed by atoms with Crippen LogP contribution >= 0.6 is 0 Å². The quantitative estimate of drug-likeness (QED) is 0.0535. The third-order valence-corrected chi connectivity index (χ3v) is 9.60. The lowest BCUT2D eigenvalue weighted by Gasteiger charge is -2.39. The highest BCUT2D eigenvalue weighted by Crippen LogP contribution is 2.39. The van der Waals surface area contributed by atoms with Crippen LogP contribution in [0.15, 0.2) is 85.5 Å². The summed E-state index contributed by atoms with van der Waals surface area (Å²) >= 11 is 0. The van der Waals surface area contributed by atoms with Gasteiger partial charge in [0.25, 0.3) is 0 Å². The van der Waals surface area contributed by atoms with Gasteiger partial charge in [-0.1, -0.05) is 86.0 Å². The smallest absolute Gasteiger partial charge is 0.243 e. The number of nitrogens with zero attached hydrogens (tertiary/aromatic N) is 1. The number of benzene rings is 3. The fourth-order valence-electron chi connectivity index (χ4n) is 6.92. The van der Waals surface area contributed by atoms with E-state index in [-0.39, 0.29) is 31.1 Å². The summed E-state index contributed by atoms with van der Waals surface area (Å²) in [6.07, 6.45) is 9.67. The monoisotopic (exact) mass is 669 g/mol. The Kier molecular flexibility index (Phi) is 14.0. The lowest BCUT2D eigenvalue weighted by atomic mass is 9.98. The number of amides is 2. The van der Waals surface area contributed by atoms with E-state index in [9.17, 15) is 14.7 Å². The van der Waals surface area contributed by atoms with Crippen LogP contribution in [0.1, 0.15) is 98.9 Å². The molecule has 1 saturated heterocycles. The number of hydroxylamine groups is 1. The van der Waals surface area contributed by atoms with E-state index in [1.54, 1.807) is 5.48 Å². The molecule has 0 aromatic heterocycles. The van der Waals surface area contributed by atoms with Crippen molar-refractivity contribution < 1.29 is 29.4 Å². The van der Waals surface area contributed by atoms with Crippen molar-refractivity contribution in [1.29, 1.82) is 0 Å². The molecule has 1 saturated carbocycles. The molecule has 49 heavy (non-hydrogen) atoms. The van der Waals surface area contributed by atoms with Crippen molar-refractivity contribution in [2.45, 2.75) is 102 Å². The maximum atomic E-state index is 12.4. The summed E-state index contributed by atoms with van der Waals surface area (Å²) in [5, 5.41) is 21.2. The summed E-state index contributed by atoms with van der Waals surface area (Å²) in [4.78, 5) is 26.1. The number of ether oxygens (including phenoxy) is 2. The topological polar surface area (TPSA) is 120 Å². The lowest BCUT2D eigenvalue weighted by molar-refractivity contribution is -0.253. The van der Waals surface area contributed by atoms with Gasteiger partial charge < -0.3 is 19.9 Å². The Morgan fingerprint density at radius 3 is 2.29 bits per heavy atom. The third-order valence-electron chi connectivity index (χ3n) is 9.60. The average molecular weight is 670 g/mol. The highest BCUT2D eigenvalue weighted by atomic mass is 16.7. The molecule has 0 spiro atoms. The van der Waals surface area contributed by atoms with Crippen molar-refractivity contribution in [3.8, 4) is 11.1 Å². The molecule has 3 aromatic rings. The van der Waals surface area contributed by atoms with E-state index in [1.165, 1.54) is 25.7 Å². The van der Waals surface area contributed by atoms with E-state index in [4.69, 9.17) is 14.7 Å². The molecule has 3 atom stereocenters. The first kappa shape index (κ1) is 36.4. The zero-order chi connectivity index (χ0) is 34.4. The summed E-state index contributed by atoms with van der Waals surface area (Å²) in [5.41, 5.74) is 7.61. The van der Waals surface area contributed by atoms with E-state index in [1.807, 2.05) is 48.5 Å². The van der Waals surface area contributed by atoms with Gasteiger partial charge >= 0.3 is 0 Å². The van der Waals surface area contributed by atoms with E-state index in [0.29, 0.717) is 31.8 Å². The number of nitrogens with one attached hydrogen (secondary N) is 2. The van der Waals surface area contributed by atoms with Gasteiger partial charge in [-0.15, -0.1) is 6.58 Å². The summed E-state index contributed by atoms with van der Waals surface area (Å²) < 4.78 is 13.4. The van der Waals surface area contributed by atoms with Crippen molar-refractivity contribution in [3.63, 3.8) is 0 Å². The van der Waals surface area contributed by atoms with E-state index < -0.39 is 12.2 Å². The number of rotatable bonds is 17. The largest absolute Gasteiger partial charge is 0.392 e. The highest BCUT2D eigenvalue weighted by molar-refractivity contribution is 5.76. The number of aliphatic hydroxyl groups excluding tert-OH is 1. The van der Waals surface area contributed by atoms with Crippen LogP contribution in [0.3, 0.4) is 0 Å².